The summed E-state index contributed by atoms with van der Waals surface area (Å²) in [6.07, 6.45) is 6.46. The van der Waals surface area contributed by atoms with Crippen LogP contribution >= 0.6 is 0 Å². The standard InChI is InChI=1S/C34H34F4O2/c1-3-4-5-6-7-8-21-39-29-19-17-28(31(35)33(29)37)26-15-11-24(12-16-26)22-40-30-20-18-27(32(36)34(30)38)25-13-9-23(2)10-14-25/h9-20H,3-8,21-22H2,1-2H3. The van der Waals surface area contributed by atoms with Crippen molar-refractivity contribution in [2.75, 3.05) is 6.61 Å². The van der Waals surface area contributed by atoms with E-state index >= 15 is 0 Å². The zero-order valence-electron chi connectivity index (χ0n) is 22.9. The van der Waals surface area contributed by atoms with Crippen LogP contribution in [-0.2, 0) is 6.61 Å². The molecule has 4 aromatic carbocycles. The fourth-order valence-electron chi connectivity index (χ4n) is 4.47. The van der Waals surface area contributed by atoms with Gasteiger partial charge >= 0.3 is 0 Å². The third-order valence-electron chi connectivity index (χ3n) is 6.87. The Kier molecular flexibility index (Phi) is 10.2. The molecule has 4 aromatic rings. The van der Waals surface area contributed by atoms with Gasteiger partial charge in [-0.3, -0.25) is 0 Å². The Morgan fingerprint density at radius 2 is 1.02 bits per heavy atom. The summed E-state index contributed by atoms with van der Waals surface area (Å²) in [5.41, 5.74) is 2.99. The van der Waals surface area contributed by atoms with Crippen LogP contribution in [0.25, 0.3) is 22.3 Å². The van der Waals surface area contributed by atoms with Crippen LogP contribution in [0, 0.1) is 30.2 Å². The van der Waals surface area contributed by atoms with Crippen LogP contribution in [0.5, 0.6) is 11.5 Å². The summed E-state index contributed by atoms with van der Waals surface area (Å²) in [6, 6.07) is 19.6. The molecule has 2 nitrogen and oxygen atoms in total. The molecular weight excluding hydrogens is 516 g/mol. The number of hydrogen-bond acceptors (Lipinski definition) is 2. The highest BCUT2D eigenvalue weighted by Crippen LogP contribution is 2.32. The maximum Gasteiger partial charge on any atom is 0.201 e. The molecule has 0 fully saturated rings. The first-order valence-electron chi connectivity index (χ1n) is 13.8. The van der Waals surface area contributed by atoms with Gasteiger partial charge in [0.25, 0.3) is 0 Å². The predicted octanol–water partition coefficient (Wildman–Crippen LogP) is 10.2. The molecule has 0 spiro atoms. The SMILES string of the molecule is CCCCCCCCOc1ccc(-c2ccc(COc3ccc(-c4ccc(C)cc4)c(F)c3F)cc2)c(F)c1F. The lowest BCUT2D eigenvalue weighted by atomic mass is 10.0. The van der Waals surface area contributed by atoms with Crippen molar-refractivity contribution in [1.29, 1.82) is 0 Å². The summed E-state index contributed by atoms with van der Waals surface area (Å²) < 4.78 is 69.9. The van der Waals surface area contributed by atoms with Gasteiger partial charge in [0.2, 0.25) is 11.6 Å². The van der Waals surface area contributed by atoms with E-state index in [4.69, 9.17) is 9.47 Å². The van der Waals surface area contributed by atoms with E-state index in [9.17, 15) is 17.6 Å². The van der Waals surface area contributed by atoms with Crippen LogP contribution in [0.2, 0.25) is 0 Å². The second kappa shape index (κ2) is 14.0. The summed E-state index contributed by atoms with van der Waals surface area (Å²) in [4.78, 5) is 0. The van der Waals surface area contributed by atoms with E-state index in [0.717, 1.165) is 24.8 Å². The molecule has 0 aliphatic rings. The number of hydrogen-bond donors (Lipinski definition) is 0. The molecule has 4 rings (SSSR count). The minimum absolute atomic E-state index is 0.0252. The molecule has 0 amide bonds. The highest BCUT2D eigenvalue weighted by atomic mass is 19.2. The second-order valence-electron chi connectivity index (χ2n) is 9.95. The third kappa shape index (κ3) is 7.23. The molecule has 0 aliphatic carbocycles. The van der Waals surface area contributed by atoms with Gasteiger partial charge < -0.3 is 9.47 Å². The molecule has 0 unspecified atom stereocenters. The number of aryl methyl sites for hydroxylation is 1. The third-order valence-corrected chi connectivity index (χ3v) is 6.87. The van der Waals surface area contributed by atoms with Crippen LogP contribution in [0.3, 0.4) is 0 Å². The van der Waals surface area contributed by atoms with Gasteiger partial charge in [0.1, 0.15) is 6.61 Å². The van der Waals surface area contributed by atoms with Gasteiger partial charge in [0.15, 0.2) is 23.1 Å². The quantitative estimate of drug-likeness (QED) is 0.122. The van der Waals surface area contributed by atoms with Crippen LogP contribution in [0.1, 0.15) is 56.6 Å². The lowest BCUT2D eigenvalue weighted by molar-refractivity contribution is 0.285. The largest absolute Gasteiger partial charge is 0.490 e. The van der Waals surface area contributed by atoms with Crippen molar-refractivity contribution < 1.29 is 27.0 Å². The first-order chi connectivity index (χ1) is 19.4. The number of rotatable bonds is 13. The van der Waals surface area contributed by atoms with E-state index in [1.54, 1.807) is 36.4 Å². The van der Waals surface area contributed by atoms with Crippen molar-refractivity contribution in [2.45, 2.75) is 59.0 Å². The zero-order valence-corrected chi connectivity index (χ0v) is 22.9. The van der Waals surface area contributed by atoms with Crippen LogP contribution in [0.15, 0.2) is 72.8 Å². The molecular formula is C34H34F4O2. The first-order valence-corrected chi connectivity index (χ1v) is 13.8. The van der Waals surface area contributed by atoms with E-state index in [1.165, 1.54) is 43.5 Å². The Balaban J connectivity index is 1.36. The molecule has 0 aromatic heterocycles. The minimum atomic E-state index is -1.06. The fourth-order valence-corrected chi connectivity index (χ4v) is 4.47. The average molecular weight is 551 g/mol. The van der Waals surface area contributed by atoms with Gasteiger partial charge in [0.05, 0.1) is 6.61 Å². The van der Waals surface area contributed by atoms with E-state index in [0.29, 0.717) is 23.3 Å². The monoisotopic (exact) mass is 550 g/mol. The maximum absolute atomic E-state index is 14.8. The van der Waals surface area contributed by atoms with Gasteiger partial charge in [-0.15, -0.1) is 0 Å². The van der Waals surface area contributed by atoms with Crippen LogP contribution in [-0.4, -0.2) is 6.61 Å². The molecule has 0 heterocycles. The van der Waals surface area contributed by atoms with Crippen molar-refractivity contribution in [2.24, 2.45) is 0 Å². The zero-order chi connectivity index (χ0) is 28.5. The van der Waals surface area contributed by atoms with Crippen LogP contribution < -0.4 is 9.47 Å². The van der Waals surface area contributed by atoms with Crippen molar-refractivity contribution in [3.63, 3.8) is 0 Å². The highest BCUT2D eigenvalue weighted by Gasteiger charge is 2.17. The molecule has 0 saturated carbocycles. The van der Waals surface area contributed by atoms with E-state index in [1.807, 2.05) is 19.1 Å². The van der Waals surface area contributed by atoms with Crippen molar-refractivity contribution in [3.8, 4) is 33.8 Å². The molecule has 0 atom stereocenters. The number of ether oxygens (including phenoxy) is 2. The lowest BCUT2D eigenvalue weighted by Crippen LogP contribution is -2.02. The Labute approximate surface area is 233 Å². The van der Waals surface area contributed by atoms with Crippen LogP contribution in [0.4, 0.5) is 17.6 Å². The van der Waals surface area contributed by atoms with Crippen molar-refractivity contribution in [1.82, 2.24) is 0 Å². The summed E-state index contributed by atoms with van der Waals surface area (Å²) in [6.45, 7) is 4.40. The second-order valence-corrected chi connectivity index (χ2v) is 9.95. The normalized spacial score (nSPS) is 11.1. The van der Waals surface area contributed by atoms with Gasteiger partial charge in [-0.1, -0.05) is 93.1 Å². The molecule has 0 bridgehead atoms. The summed E-state index contributed by atoms with van der Waals surface area (Å²) in [7, 11) is 0. The Morgan fingerprint density at radius 3 is 1.60 bits per heavy atom. The molecule has 0 N–H and O–H groups in total. The molecule has 0 radical (unpaired) electrons. The molecule has 0 saturated heterocycles. The number of benzene rings is 4. The van der Waals surface area contributed by atoms with E-state index < -0.39 is 23.3 Å². The van der Waals surface area contributed by atoms with Gasteiger partial charge in [-0.25, -0.2) is 8.78 Å². The molecule has 40 heavy (non-hydrogen) atoms. The Bertz CT molecular complexity index is 1400. The fraction of sp³-hybridized carbons (Fsp3) is 0.294. The summed E-state index contributed by atoms with van der Waals surface area (Å²) in [5.74, 6) is -4.33. The smallest absolute Gasteiger partial charge is 0.201 e. The number of unbranched alkanes of at least 4 members (excludes halogenated alkanes) is 5. The van der Waals surface area contributed by atoms with Crippen molar-refractivity contribution >= 4 is 0 Å². The predicted molar refractivity (Wildman–Crippen MR) is 152 cm³/mol. The summed E-state index contributed by atoms with van der Waals surface area (Å²) >= 11 is 0. The Morgan fingerprint density at radius 1 is 0.525 bits per heavy atom. The highest BCUT2D eigenvalue weighted by molar-refractivity contribution is 5.66. The molecule has 210 valence electrons. The maximum atomic E-state index is 14.8. The van der Waals surface area contributed by atoms with Crippen molar-refractivity contribution in [3.05, 3.63) is 107 Å². The minimum Gasteiger partial charge on any atom is -0.490 e. The average Bonchev–Trinajstić information content (AvgIpc) is 2.96. The van der Waals surface area contributed by atoms with E-state index in [2.05, 4.69) is 6.92 Å². The number of halogens is 4. The topological polar surface area (TPSA) is 18.5 Å². The summed E-state index contributed by atoms with van der Waals surface area (Å²) in [5, 5.41) is 0. The van der Waals surface area contributed by atoms with Gasteiger partial charge in [-0.2, -0.15) is 8.78 Å². The van der Waals surface area contributed by atoms with E-state index in [-0.39, 0.29) is 29.2 Å². The van der Waals surface area contributed by atoms with Gasteiger partial charge in [0, 0.05) is 11.1 Å². The lowest BCUT2D eigenvalue weighted by Gasteiger charge is -2.12. The Hall–Kier alpha value is -3.80. The van der Waals surface area contributed by atoms with Gasteiger partial charge in [-0.05, 0) is 54.3 Å². The first kappa shape index (κ1) is 29.2. The molecule has 6 heteroatoms. The molecule has 0 aliphatic heterocycles.